The van der Waals surface area contributed by atoms with Gasteiger partial charge in [0.15, 0.2) is 0 Å². The molecule has 2 N–H and O–H groups in total. The van der Waals surface area contributed by atoms with E-state index in [-0.39, 0.29) is 24.1 Å². The maximum atomic E-state index is 11.9. The standard InChI is InChI=1S/C10H14N4O3/c1-6-11-9(13-12-6)10(17)14-3-2-7(5-14)4-8(15)16/h7H,2-5H2,1H3,(H,15,16)(H,11,12,13). The van der Waals surface area contributed by atoms with Gasteiger partial charge in [-0.1, -0.05) is 0 Å². The van der Waals surface area contributed by atoms with E-state index in [0.717, 1.165) is 6.42 Å². The van der Waals surface area contributed by atoms with Crippen molar-refractivity contribution in [3.05, 3.63) is 11.6 Å². The maximum Gasteiger partial charge on any atom is 0.303 e. The van der Waals surface area contributed by atoms with Crippen LogP contribution in [0.3, 0.4) is 0 Å². The molecule has 17 heavy (non-hydrogen) atoms. The number of aliphatic carboxylic acids is 1. The van der Waals surface area contributed by atoms with Crippen molar-refractivity contribution in [1.82, 2.24) is 20.1 Å². The molecule has 2 rings (SSSR count). The van der Waals surface area contributed by atoms with Crippen molar-refractivity contribution in [2.75, 3.05) is 13.1 Å². The number of rotatable bonds is 3. The lowest BCUT2D eigenvalue weighted by Gasteiger charge is -2.13. The SMILES string of the molecule is Cc1nc(C(=O)N2CCC(CC(=O)O)C2)n[nH]1. The second-order valence-corrected chi connectivity index (χ2v) is 4.25. The fraction of sp³-hybridized carbons (Fsp3) is 0.600. The topological polar surface area (TPSA) is 99.2 Å². The maximum absolute atomic E-state index is 11.9. The molecule has 1 fully saturated rings. The molecule has 1 amide bonds. The molecule has 1 aromatic rings. The Morgan fingerprint density at radius 1 is 1.59 bits per heavy atom. The number of carbonyl (C=O) groups is 2. The first-order chi connectivity index (χ1) is 8.06. The lowest BCUT2D eigenvalue weighted by Crippen LogP contribution is -2.29. The molecule has 0 saturated carbocycles. The summed E-state index contributed by atoms with van der Waals surface area (Å²) in [4.78, 5) is 28.1. The molecule has 0 radical (unpaired) electrons. The number of aromatic amines is 1. The molecule has 0 aliphatic carbocycles. The highest BCUT2D eigenvalue weighted by molar-refractivity contribution is 5.90. The van der Waals surface area contributed by atoms with E-state index in [9.17, 15) is 9.59 Å². The van der Waals surface area contributed by atoms with Crippen LogP contribution in [0.1, 0.15) is 29.3 Å². The van der Waals surface area contributed by atoms with E-state index in [0.29, 0.717) is 18.9 Å². The number of carboxylic acids is 1. The van der Waals surface area contributed by atoms with E-state index < -0.39 is 5.97 Å². The van der Waals surface area contributed by atoms with E-state index in [2.05, 4.69) is 15.2 Å². The Bertz CT molecular complexity index is 443. The Morgan fingerprint density at radius 2 is 2.35 bits per heavy atom. The molecule has 2 heterocycles. The average molecular weight is 238 g/mol. The quantitative estimate of drug-likeness (QED) is 0.775. The first kappa shape index (κ1) is 11.6. The van der Waals surface area contributed by atoms with Crippen LogP contribution >= 0.6 is 0 Å². The summed E-state index contributed by atoms with van der Waals surface area (Å²) in [7, 11) is 0. The summed E-state index contributed by atoms with van der Waals surface area (Å²) in [6.07, 6.45) is 0.832. The van der Waals surface area contributed by atoms with Gasteiger partial charge in [0.2, 0.25) is 5.82 Å². The van der Waals surface area contributed by atoms with Crippen LogP contribution in [0.15, 0.2) is 0 Å². The van der Waals surface area contributed by atoms with Crippen molar-refractivity contribution in [1.29, 1.82) is 0 Å². The van der Waals surface area contributed by atoms with Crippen LogP contribution in [0.25, 0.3) is 0 Å². The zero-order valence-corrected chi connectivity index (χ0v) is 9.51. The third-order valence-corrected chi connectivity index (χ3v) is 2.82. The highest BCUT2D eigenvalue weighted by Gasteiger charge is 2.29. The van der Waals surface area contributed by atoms with Gasteiger partial charge in [-0.3, -0.25) is 14.7 Å². The van der Waals surface area contributed by atoms with Gasteiger partial charge in [0.1, 0.15) is 5.82 Å². The van der Waals surface area contributed by atoms with Crippen molar-refractivity contribution in [2.24, 2.45) is 5.92 Å². The van der Waals surface area contributed by atoms with Crippen LogP contribution in [0, 0.1) is 12.8 Å². The zero-order chi connectivity index (χ0) is 12.4. The minimum absolute atomic E-state index is 0.0384. The predicted octanol–water partition coefficient (Wildman–Crippen LogP) is 0.0499. The highest BCUT2D eigenvalue weighted by Crippen LogP contribution is 2.20. The van der Waals surface area contributed by atoms with Gasteiger partial charge in [-0.25, -0.2) is 4.98 Å². The van der Waals surface area contributed by atoms with Gasteiger partial charge in [0.05, 0.1) is 0 Å². The number of carbonyl (C=O) groups excluding carboxylic acids is 1. The number of aromatic nitrogens is 3. The fourth-order valence-corrected chi connectivity index (χ4v) is 2.01. The number of H-pyrrole nitrogens is 1. The number of hydrogen-bond acceptors (Lipinski definition) is 4. The summed E-state index contributed by atoms with van der Waals surface area (Å²) < 4.78 is 0. The second kappa shape index (κ2) is 4.52. The minimum Gasteiger partial charge on any atom is -0.481 e. The van der Waals surface area contributed by atoms with E-state index in [4.69, 9.17) is 5.11 Å². The van der Waals surface area contributed by atoms with Gasteiger partial charge in [0.25, 0.3) is 5.91 Å². The average Bonchev–Trinajstić information content (AvgIpc) is 2.85. The summed E-state index contributed by atoms with van der Waals surface area (Å²) in [5, 5.41) is 15.1. The van der Waals surface area contributed by atoms with Gasteiger partial charge >= 0.3 is 5.97 Å². The molecule has 92 valence electrons. The Balaban J connectivity index is 1.96. The number of nitrogens with one attached hydrogen (secondary N) is 1. The molecule has 1 unspecified atom stereocenters. The molecule has 1 saturated heterocycles. The largest absolute Gasteiger partial charge is 0.481 e. The first-order valence-corrected chi connectivity index (χ1v) is 5.46. The fourth-order valence-electron chi connectivity index (χ4n) is 2.01. The smallest absolute Gasteiger partial charge is 0.303 e. The third kappa shape index (κ3) is 2.61. The van der Waals surface area contributed by atoms with Crippen LogP contribution < -0.4 is 0 Å². The van der Waals surface area contributed by atoms with Gasteiger partial charge < -0.3 is 10.0 Å². The molecule has 1 aliphatic heterocycles. The zero-order valence-electron chi connectivity index (χ0n) is 9.51. The van der Waals surface area contributed by atoms with Crippen molar-refractivity contribution in [2.45, 2.75) is 19.8 Å². The van der Waals surface area contributed by atoms with E-state index in [1.165, 1.54) is 0 Å². The molecule has 0 bridgehead atoms. The molecule has 0 spiro atoms. The van der Waals surface area contributed by atoms with Gasteiger partial charge in [-0.2, -0.15) is 0 Å². The lowest BCUT2D eigenvalue weighted by molar-refractivity contribution is -0.138. The number of carboxylic acid groups (broad SMARTS) is 1. The second-order valence-electron chi connectivity index (χ2n) is 4.25. The number of aryl methyl sites for hydroxylation is 1. The van der Waals surface area contributed by atoms with E-state index >= 15 is 0 Å². The Labute approximate surface area is 97.8 Å². The number of nitrogens with zero attached hydrogens (tertiary/aromatic N) is 3. The Morgan fingerprint density at radius 3 is 2.94 bits per heavy atom. The summed E-state index contributed by atoms with van der Waals surface area (Å²) in [6, 6.07) is 0. The van der Waals surface area contributed by atoms with E-state index in [1.54, 1.807) is 11.8 Å². The van der Waals surface area contributed by atoms with Crippen LogP contribution in [-0.4, -0.2) is 50.2 Å². The summed E-state index contributed by atoms with van der Waals surface area (Å²) in [5.74, 6) is -0.273. The van der Waals surface area contributed by atoms with Gasteiger partial charge in [-0.15, -0.1) is 5.10 Å². The summed E-state index contributed by atoms with van der Waals surface area (Å²) >= 11 is 0. The molecular formula is C10H14N4O3. The lowest BCUT2D eigenvalue weighted by atomic mass is 10.1. The first-order valence-electron chi connectivity index (χ1n) is 5.46. The van der Waals surface area contributed by atoms with Crippen molar-refractivity contribution < 1.29 is 14.7 Å². The van der Waals surface area contributed by atoms with Crippen molar-refractivity contribution >= 4 is 11.9 Å². The third-order valence-electron chi connectivity index (χ3n) is 2.82. The minimum atomic E-state index is -0.821. The molecule has 1 aromatic heterocycles. The van der Waals surface area contributed by atoms with Gasteiger partial charge in [-0.05, 0) is 19.3 Å². The van der Waals surface area contributed by atoms with Crippen LogP contribution in [0.4, 0.5) is 0 Å². The van der Waals surface area contributed by atoms with Crippen molar-refractivity contribution in [3.8, 4) is 0 Å². The van der Waals surface area contributed by atoms with Crippen LogP contribution in [0.2, 0.25) is 0 Å². The number of hydrogen-bond donors (Lipinski definition) is 2. The predicted molar refractivity (Wildman–Crippen MR) is 57.4 cm³/mol. The van der Waals surface area contributed by atoms with Crippen molar-refractivity contribution in [3.63, 3.8) is 0 Å². The normalized spacial score (nSPS) is 19.6. The molecule has 7 heteroatoms. The molecule has 7 nitrogen and oxygen atoms in total. The Kier molecular flexibility index (Phi) is 3.08. The molecule has 1 aliphatic rings. The monoisotopic (exact) mass is 238 g/mol. The highest BCUT2D eigenvalue weighted by atomic mass is 16.4. The summed E-state index contributed by atoms with van der Waals surface area (Å²) in [5.41, 5.74) is 0. The summed E-state index contributed by atoms with van der Waals surface area (Å²) in [6.45, 7) is 2.77. The van der Waals surface area contributed by atoms with E-state index in [1.807, 2.05) is 0 Å². The molecule has 0 aromatic carbocycles. The van der Waals surface area contributed by atoms with Crippen LogP contribution in [-0.2, 0) is 4.79 Å². The van der Waals surface area contributed by atoms with Gasteiger partial charge in [0, 0.05) is 19.5 Å². The molecule has 1 atom stereocenters. The Hall–Kier alpha value is -1.92. The molecular weight excluding hydrogens is 224 g/mol. The van der Waals surface area contributed by atoms with Crippen LogP contribution in [0.5, 0.6) is 0 Å². The number of amides is 1. The number of likely N-dealkylation sites (tertiary alicyclic amines) is 1.